The number of piperazine rings is 1. The van der Waals surface area contributed by atoms with Crippen LogP contribution in [-0.2, 0) is 17.5 Å². The molecule has 36 heavy (non-hydrogen) atoms. The van der Waals surface area contributed by atoms with Gasteiger partial charge >= 0.3 is 6.18 Å². The predicted molar refractivity (Wildman–Crippen MR) is 125 cm³/mol. The number of carbonyl (C=O) groups excluding carboxylic acids is 2. The number of aromatic nitrogens is 2. The molecule has 2 aliphatic heterocycles. The Kier molecular flexibility index (Phi) is 6.80. The summed E-state index contributed by atoms with van der Waals surface area (Å²) < 4.78 is 54.5. The Morgan fingerprint density at radius 2 is 1.75 bits per heavy atom. The molecule has 0 unspecified atom stereocenters. The third-order valence-electron chi connectivity index (χ3n) is 6.57. The van der Waals surface area contributed by atoms with Gasteiger partial charge in [-0.05, 0) is 26.8 Å². The van der Waals surface area contributed by atoms with E-state index in [9.17, 15) is 27.2 Å². The smallest absolute Gasteiger partial charge is 0.363 e. The second-order valence-electron chi connectivity index (χ2n) is 9.29. The zero-order valence-corrected chi connectivity index (χ0v) is 20.5. The molecule has 1 N–H and O–H groups in total. The fourth-order valence-electron chi connectivity index (χ4n) is 4.46. The van der Waals surface area contributed by atoms with Crippen LogP contribution < -0.4 is 10.2 Å². The zero-order valence-electron chi connectivity index (χ0n) is 20.5. The van der Waals surface area contributed by atoms with E-state index in [4.69, 9.17) is 0 Å². The van der Waals surface area contributed by atoms with Gasteiger partial charge in [0.2, 0.25) is 11.9 Å². The molecule has 0 saturated carbocycles. The number of hydrogen-bond donors (Lipinski definition) is 1. The number of fused-ring (bicyclic) bond motifs is 1. The number of rotatable bonds is 5. The normalized spacial score (nSPS) is 17.0. The Labute approximate surface area is 206 Å². The van der Waals surface area contributed by atoms with Gasteiger partial charge in [0.15, 0.2) is 0 Å². The van der Waals surface area contributed by atoms with Crippen molar-refractivity contribution in [3.63, 3.8) is 0 Å². The maximum absolute atomic E-state index is 14.8. The first-order valence-electron chi connectivity index (χ1n) is 11.7. The minimum Gasteiger partial charge on any atom is -0.363 e. The molecule has 2 aromatic rings. The number of amides is 2. The summed E-state index contributed by atoms with van der Waals surface area (Å²) >= 11 is 0. The Morgan fingerprint density at radius 3 is 2.33 bits per heavy atom. The molecule has 1 aromatic carbocycles. The molecule has 194 valence electrons. The van der Waals surface area contributed by atoms with Crippen molar-refractivity contribution in [2.75, 3.05) is 36.4 Å². The summed E-state index contributed by atoms with van der Waals surface area (Å²) in [6, 6.07) is 2.16. The van der Waals surface area contributed by atoms with E-state index in [2.05, 4.69) is 15.3 Å². The summed E-state index contributed by atoms with van der Waals surface area (Å²) in [7, 11) is 0. The predicted octanol–water partition coefficient (Wildman–Crippen LogP) is 3.84. The van der Waals surface area contributed by atoms with Gasteiger partial charge in [-0.1, -0.05) is 12.1 Å². The van der Waals surface area contributed by atoms with E-state index in [1.54, 1.807) is 9.80 Å². The molecule has 4 rings (SSSR count). The fourth-order valence-corrected chi connectivity index (χ4v) is 4.46. The number of hydrogen-bond acceptors (Lipinski definition) is 6. The topological polar surface area (TPSA) is 81.7 Å². The van der Waals surface area contributed by atoms with Crippen molar-refractivity contribution in [2.45, 2.75) is 52.5 Å². The largest absolute Gasteiger partial charge is 0.419 e. The highest BCUT2D eigenvalue weighted by molar-refractivity contribution is 5.98. The van der Waals surface area contributed by atoms with Gasteiger partial charge in [0.1, 0.15) is 17.3 Å². The van der Waals surface area contributed by atoms with Crippen LogP contribution in [-0.4, -0.2) is 63.8 Å². The third-order valence-corrected chi connectivity index (χ3v) is 6.57. The van der Waals surface area contributed by atoms with Crippen molar-refractivity contribution in [1.82, 2.24) is 19.8 Å². The highest BCUT2D eigenvalue weighted by Gasteiger charge is 2.37. The van der Waals surface area contributed by atoms with E-state index < -0.39 is 23.6 Å². The van der Waals surface area contributed by atoms with Gasteiger partial charge in [0, 0.05) is 50.3 Å². The molecule has 1 atom stereocenters. The number of nitrogens with one attached hydrogen (secondary N) is 1. The molecule has 1 fully saturated rings. The molecule has 3 heterocycles. The summed E-state index contributed by atoms with van der Waals surface area (Å²) in [5.41, 5.74) is -0.786. The van der Waals surface area contributed by atoms with Gasteiger partial charge in [-0.15, -0.1) is 0 Å². The molecule has 0 aliphatic carbocycles. The van der Waals surface area contributed by atoms with Crippen LogP contribution in [0.3, 0.4) is 0 Å². The summed E-state index contributed by atoms with van der Waals surface area (Å²) in [4.78, 5) is 39.1. The second-order valence-corrected chi connectivity index (χ2v) is 9.29. The first-order chi connectivity index (χ1) is 16.9. The zero-order chi connectivity index (χ0) is 26.4. The lowest BCUT2D eigenvalue weighted by molar-refractivity contribution is -0.140. The molecule has 0 radical (unpaired) electrons. The first kappa shape index (κ1) is 25.6. The Bertz CT molecular complexity index is 1180. The van der Waals surface area contributed by atoms with Gasteiger partial charge in [-0.3, -0.25) is 9.59 Å². The van der Waals surface area contributed by atoms with E-state index in [1.165, 1.54) is 19.9 Å². The van der Waals surface area contributed by atoms with Crippen LogP contribution in [0.15, 0.2) is 18.2 Å². The van der Waals surface area contributed by atoms with Crippen LogP contribution in [0.1, 0.15) is 60.9 Å². The summed E-state index contributed by atoms with van der Waals surface area (Å²) in [6.07, 6.45) is -4.82. The van der Waals surface area contributed by atoms with Crippen molar-refractivity contribution in [2.24, 2.45) is 0 Å². The lowest BCUT2D eigenvalue weighted by Crippen LogP contribution is -2.48. The number of carbonyl (C=O) groups is 2. The fraction of sp³-hybridized carbons (Fsp3) is 0.500. The van der Waals surface area contributed by atoms with Gasteiger partial charge in [0.25, 0.3) is 5.91 Å². The summed E-state index contributed by atoms with van der Waals surface area (Å²) in [5.74, 6) is -1.12. The van der Waals surface area contributed by atoms with Gasteiger partial charge < -0.3 is 20.0 Å². The van der Waals surface area contributed by atoms with E-state index in [-0.39, 0.29) is 47.4 Å². The molecule has 2 amide bonds. The van der Waals surface area contributed by atoms with Crippen LogP contribution in [0.4, 0.5) is 29.3 Å². The van der Waals surface area contributed by atoms with Crippen molar-refractivity contribution < 1.29 is 27.2 Å². The molecule has 1 saturated heterocycles. The summed E-state index contributed by atoms with van der Waals surface area (Å²) in [5, 5.41) is 3.04. The molecule has 8 nitrogen and oxygen atoms in total. The average Bonchev–Trinajstić information content (AvgIpc) is 3.15. The number of benzene rings is 1. The number of anilines is 2. The number of alkyl halides is 3. The van der Waals surface area contributed by atoms with Gasteiger partial charge in [-0.2, -0.15) is 18.2 Å². The molecule has 2 aliphatic rings. The van der Waals surface area contributed by atoms with E-state index in [0.29, 0.717) is 37.8 Å². The lowest BCUT2D eigenvalue weighted by Gasteiger charge is -2.34. The van der Waals surface area contributed by atoms with Crippen LogP contribution in [0.2, 0.25) is 0 Å². The van der Waals surface area contributed by atoms with E-state index in [1.807, 2.05) is 18.7 Å². The molecular weight excluding hydrogens is 480 g/mol. The van der Waals surface area contributed by atoms with Crippen molar-refractivity contribution in [1.29, 1.82) is 0 Å². The number of halogens is 4. The molecular formula is C24H28F4N6O2. The van der Waals surface area contributed by atoms with Crippen LogP contribution in [0.5, 0.6) is 0 Å². The second kappa shape index (κ2) is 9.55. The SMILES string of the molecule is CC(=O)N1CCN(c2nc(N[C@H](C)c3cccc(C(F)(F)F)c3F)c3c(n2)C(=O)N(C(C)C)C3)CC1. The highest BCUT2D eigenvalue weighted by Crippen LogP contribution is 2.36. The van der Waals surface area contributed by atoms with Crippen molar-refractivity contribution >= 4 is 23.6 Å². The van der Waals surface area contributed by atoms with E-state index in [0.717, 1.165) is 6.07 Å². The number of nitrogens with zero attached hydrogens (tertiary/aromatic N) is 5. The quantitative estimate of drug-likeness (QED) is 0.619. The van der Waals surface area contributed by atoms with Crippen LogP contribution in [0.25, 0.3) is 0 Å². The Morgan fingerprint density at radius 1 is 1.08 bits per heavy atom. The lowest BCUT2D eigenvalue weighted by atomic mass is 10.0. The van der Waals surface area contributed by atoms with Crippen molar-refractivity contribution in [3.8, 4) is 0 Å². The third kappa shape index (κ3) is 4.80. The molecule has 12 heteroatoms. The first-order valence-corrected chi connectivity index (χ1v) is 11.7. The Hall–Kier alpha value is -3.44. The monoisotopic (exact) mass is 508 g/mol. The minimum atomic E-state index is -4.82. The maximum Gasteiger partial charge on any atom is 0.419 e. The minimum absolute atomic E-state index is 0.0356. The molecule has 0 spiro atoms. The van der Waals surface area contributed by atoms with Gasteiger partial charge in [-0.25, -0.2) is 9.37 Å². The van der Waals surface area contributed by atoms with E-state index >= 15 is 0 Å². The maximum atomic E-state index is 14.8. The highest BCUT2D eigenvalue weighted by atomic mass is 19.4. The van der Waals surface area contributed by atoms with Gasteiger partial charge in [0.05, 0.1) is 18.2 Å². The molecule has 0 bridgehead atoms. The Balaban J connectivity index is 1.70. The van der Waals surface area contributed by atoms with Crippen LogP contribution >= 0.6 is 0 Å². The summed E-state index contributed by atoms with van der Waals surface area (Å²) in [6.45, 7) is 8.85. The molecule has 1 aromatic heterocycles. The standard InChI is InChI=1S/C24H28F4N6O2/c1-13(2)34-12-17-20(22(34)36)30-23(33-10-8-32(9-11-33)15(4)35)31-21(17)29-14(3)16-6-5-7-18(19(16)25)24(26,27)28/h5-7,13-14H,8-12H2,1-4H3,(H,29,30,31)/t14-/m1/s1. The average molecular weight is 509 g/mol. The van der Waals surface area contributed by atoms with Crippen LogP contribution in [0, 0.1) is 5.82 Å². The van der Waals surface area contributed by atoms with Crippen molar-refractivity contribution in [3.05, 3.63) is 46.4 Å².